The van der Waals surface area contributed by atoms with Crippen LogP contribution in [0.25, 0.3) is 0 Å². The number of hydrogen-bond donors (Lipinski definition) is 1. The largest absolute Gasteiger partial charge is 0.378 e. The zero-order valence-electron chi connectivity index (χ0n) is 16.2. The van der Waals surface area contributed by atoms with E-state index in [9.17, 15) is 9.59 Å². The summed E-state index contributed by atoms with van der Waals surface area (Å²) in [6, 6.07) is 15.3. The van der Waals surface area contributed by atoms with E-state index in [4.69, 9.17) is 0 Å². The second kappa shape index (κ2) is 8.25. The fourth-order valence-electron chi connectivity index (χ4n) is 3.51. The van der Waals surface area contributed by atoms with Crippen molar-refractivity contribution >= 4 is 17.5 Å². The molecule has 2 aromatic rings. The summed E-state index contributed by atoms with van der Waals surface area (Å²) in [4.78, 5) is 29.4. The van der Waals surface area contributed by atoms with Crippen LogP contribution in [0.3, 0.4) is 0 Å². The first kappa shape index (κ1) is 19.0. The number of anilines is 1. The van der Waals surface area contributed by atoms with Crippen LogP contribution in [0, 0.1) is 0 Å². The molecular formula is C22H27N3O2. The van der Waals surface area contributed by atoms with Crippen LogP contribution >= 0.6 is 0 Å². The predicted octanol–water partition coefficient (Wildman–Crippen LogP) is 2.90. The Morgan fingerprint density at radius 1 is 1.15 bits per heavy atom. The number of carbonyl (C=O) groups is 2. The molecule has 0 spiro atoms. The van der Waals surface area contributed by atoms with E-state index in [0.29, 0.717) is 19.5 Å². The minimum Gasteiger partial charge on any atom is -0.378 e. The van der Waals surface area contributed by atoms with Crippen molar-refractivity contribution in [2.45, 2.75) is 32.4 Å². The molecule has 2 aromatic carbocycles. The van der Waals surface area contributed by atoms with Gasteiger partial charge in [-0.25, -0.2) is 0 Å². The third kappa shape index (κ3) is 4.13. The standard InChI is InChI=1S/C22H27N3O2/c1-4-13-25-20(26)14-17-7-5-6-8-19(17)21(25)22(27)23-15-16-9-11-18(12-10-16)24(2)3/h5-12,21H,4,13-15H2,1-3H3,(H,23,27). The Labute approximate surface area is 161 Å². The van der Waals surface area contributed by atoms with Gasteiger partial charge < -0.3 is 15.1 Å². The van der Waals surface area contributed by atoms with E-state index >= 15 is 0 Å². The molecule has 0 aromatic heterocycles. The maximum absolute atomic E-state index is 13.0. The lowest BCUT2D eigenvalue weighted by atomic mass is 9.91. The van der Waals surface area contributed by atoms with Gasteiger partial charge >= 0.3 is 0 Å². The lowest BCUT2D eigenvalue weighted by Gasteiger charge is -2.36. The maximum Gasteiger partial charge on any atom is 0.247 e. The average Bonchev–Trinajstić information content (AvgIpc) is 2.67. The molecule has 1 N–H and O–H groups in total. The van der Waals surface area contributed by atoms with E-state index in [2.05, 4.69) is 5.32 Å². The highest BCUT2D eigenvalue weighted by atomic mass is 16.2. The topological polar surface area (TPSA) is 52.7 Å². The molecule has 1 aliphatic rings. The predicted molar refractivity (Wildman–Crippen MR) is 108 cm³/mol. The van der Waals surface area contributed by atoms with E-state index in [0.717, 1.165) is 28.8 Å². The minimum absolute atomic E-state index is 0.0195. The second-order valence-electron chi connectivity index (χ2n) is 7.14. The summed E-state index contributed by atoms with van der Waals surface area (Å²) in [5, 5.41) is 3.02. The van der Waals surface area contributed by atoms with E-state index in [1.165, 1.54) is 0 Å². The van der Waals surface area contributed by atoms with Crippen molar-refractivity contribution in [2.75, 3.05) is 25.5 Å². The summed E-state index contributed by atoms with van der Waals surface area (Å²) in [7, 11) is 3.99. The smallest absolute Gasteiger partial charge is 0.247 e. The summed E-state index contributed by atoms with van der Waals surface area (Å²) in [6.07, 6.45) is 1.19. The van der Waals surface area contributed by atoms with Crippen LogP contribution in [0.15, 0.2) is 48.5 Å². The van der Waals surface area contributed by atoms with Crippen molar-refractivity contribution in [3.05, 3.63) is 65.2 Å². The Kier molecular flexibility index (Phi) is 5.79. The Hall–Kier alpha value is -2.82. The first-order valence-electron chi connectivity index (χ1n) is 9.42. The molecular weight excluding hydrogens is 338 g/mol. The zero-order valence-corrected chi connectivity index (χ0v) is 16.2. The molecule has 0 saturated carbocycles. The number of amides is 2. The van der Waals surface area contributed by atoms with Crippen molar-refractivity contribution < 1.29 is 9.59 Å². The van der Waals surface area contributed by atoms with E-state index in [1.54, 1.807) is 4.90 Å². The molecule has 2 amide bonds. The number of nitrogens with one attached hydrogen (secondary N) is 1. The van der Waals surface area contributed by atoms with Crippen LogP contribution in [0.2, 0.25) is 0 Å². The van der Waals surface area contributed by atoms with Gasteiger partial charge in [-0.05, 0) is 35.2 Å². The molecule has 27 heavy (non-hydrogen) atoms. The van der Waals surface area contributed by atoms with Crippen molar-refractivity contribution in [2.24, 2.45) is 0 Å². The minimum atomic E-state index is -0.552. The maximum atomic E-state index is 13.0. The Bertz CT molecular complexity index is 815. The van der Waals surface area contributed by atoms with Gasteiger partial charge in [0, 0.05) is 32.9 Å². The van der Waals surface area contributed by atoms with Gasteiger partial charge in [-0.2, -0.15) is 0 Å². The van der Waals surface area contributed by atoms with Gasteiger partial charge in [0.15, 0.2) is 0 Å². The molecule has 1 heterocycles. The summed E-state index contributed by atoms with van der Waals surface area (Å²) < 4.78 is 0. The van der Waals surface area contributed by atoms with Crippen LogP contribution in [0.1, 0.15) is 36.1 Å². The van der Waals surface area contributed by atoms with Crippen molar-refractivity contribution in [3.63, 3.8) is 0 Å². The molecule has 142 valence electrons. The molecule has 0 bridgehead atoms. The monoisotopic (exact) mass is 365 g/mol. The fourth-order valence-corrected chi connectivity index (χ4v) is 3.51. The first-order chi connectivity index (χ1) is 13.0. The summed E-state index contributed by atoms with van der Waals surface area (Å²) in [5.74, 6) is -0.105. The third-order valence-electron chi connectivity index (χ3n) is 4.96. The number of hydrogen-bond acceptors (Lipinski definition) is 3. The number of fused-ring (bicyclic) bond motifs is 1. The summed E-state index contributed by atoms with van der Waals surface area (Å²) in [5.41, 5.74) is 4.04. The van der Waals surface area contributed by atoms with Crippen molar-refractivity contribution in [1.82, 2.24) is 10.2 Å². The number of carbonyl (C=O) groups excluding carboxylic acids is 2. The van der Waals surface area contributed by atoms with Crippen LogP contribution < -0.4 is 10.2 Å². The Balaban J connectivity index is 1.77. The van der Waals surface area contributed by atoms with Gasteiger partial charge in [0.1, 0.15) is 6.04 Å². The third-order valence-corrected chi connectivity index (χ3v) is 4.96. The summed E-state index contributed by atoms with van der Waals surface area (Å²) >= 11 is 0. The van der Waals surface area contributed by atoms with Crippen LogP contribution in [0.5, 0.6) is 0 Å². The number of benzene rings is 2. The van der Waals surface area contributed by atoms with Crippen molar-refractivity contribution in [1.29, 1.82) is 0 Å². The molecule has 0 fully saturated rings. The van der Waals surface area contributed by atoms with Crippen molar-refractivity contribution in [3.8, 4) is 0 Å². The van der Waals surface area contributed by atoms with Crippen LogP contribution in [0.4, 0.5) is 5.69 Å². The molecule has 0 aliphatic carbocycles. The number of nitrogens with zero attached hydrogens (tertiary/aromatic N) is 2. The Morgan fingerprint density at radius 3 is 2.52 bits per heavy atom. The normalized spacial score (nSPS) is 16.0. The quantitative estimate of drug-likeness (QED) is 0.856. The van der Waals surface area contributed by atoms with E-state index in [-0.39, 0.29) is 11.8 Å². The summed E-state index contributed by atoms with van der Waals surface area (Å²) in [6.45, 7) is 3.05. The molecule has 1 atom stereocenters. The molecule has 3 rings (SSSR count). The van der Waals surface area contributed by atoms with Gasteiger partial charge in [0.05, 0.1) is 6.42 Å². The Morgan fingerprint density at radius 2 is 1.85 bits per heavy atom. The highest BCUT2D eigenvalue weighted by molar-refractivity contribution is 5.92. The van der Waals surface area contributed by atoms with Gasteiger partial charge in [0.25, 0.3) is 0 Å². The molecule has 0 radical (unpaired) electrons. The van der Waals surface area contributed by atoms with E-state index in [1.807, 2.05) is 74.4 Å². The number of rotatable bonds is 6. The van der Waals surface area contributed by atoms with Gasteiger partial charge in [-0.3, -0.25) is 9.59 Å². The van der Waals surface area contributed by atoms with E-state index < -0.39 is 6.04 Å². The molecule has 5 heteroatoms. The van der Waals surface area contributed by atoms with Crippen LogP contribution in [-0.2, 0) is 22.6 Å². The lowest BCUT2D eigenvalue weighted by molar-refractivity contribution is -0.141. The fraction of sp³-hybridized carbons (Fsp3) is 0.364. The second-order valence-corrected chi connectivity index (χ2v) is 7.14. The lowest BCUT2D eigenvalue weighted by Crippen LogP contribution is -2.47. The molecule has 1 unspecified atom stereocenters. The first-order valence-corrected chi connectivity index (χ1v) is 9.42. The highest BCUT2D eigenvalue weighted by Crippen LogP contribution is 2.30. The average molecular weight is 365 g/mol. The SMILES string of the molecule is CCCN1C(=O)Cc2ccccc2C1C(=O)NCc1ccc(N(C)C)cc1. The molecule has 0 saturated heterocycles. The van der Waals surface area contributed by atoms with Gasteiger partial charge in [-0.1, -0.05) is 43.3 Å². The highest BCUT2D eigenvalue weighted by Gasteiger charge is 2.36. The van der Waals surface area contributed by atoms with Gasteiger partial charge in [-0.15, -0.1) is 0 Å². The van der Waals surface area contributed by atoms with Gasteiger partial charge in [0.2, 0.25) is 11.8 Å². The zero-order chi connectivity index (χ0) is 19.4. The molecule has 1 aliphatic heterocycles. The molecule has 5 nitrogen and oxygen atoms in total. The van der Waals surface area contributed by atoms with Crippen LogP contribution in [-0.4, -0.2) is 37.4 Å².